The SMILES string of the molecule is CCC1C2CCC2(COc2ccncc2)N1C(=O)c1cc(C)ccc1-c1ncccn1. The maximum atomic E-state index is 14.0. The van der Waals surface area contributed by atoms with Crippen molar-refractivity contribution in [2.75, 3.05) is 6.61 Å². The summed E-state index contributed by atoms with van der Waals surface area (Å²) in [5.74, 6) is 1.90. The minimum absolute atomic E-state index is 0.0484. The normalized spacial score (nSPS) is 24.0. The summed E-state index contributed by atoms with van der Waals surface area (Å²) in [6.07, 6.45) is 9.92. The number of piperidine rings is 1. The van der Waals surface area contributed by atoms with Crippen molar-refractivity contribution in [3.05, 3.63) is 72.3 Å². The van der Waals surface area contributed by atoms with Crippen LogP contribution in [0.5, 0.6) is 5.75 Å². The van der Waals surface area contributed by atoms with E-state index in [2.05, 4.69) is 26.8 Å². The van der Waals surface area contributed by atoms with E-state index in [0.717, 1.165) is 36.1 Å². The zero-order valence-electron chi connectivity index (χ0n) is 17.9. The highest BCUT2D eigenvalue weighted by atomic mass is 16.5. The second-order valence-electron chi connectivity index (χ2n) is 8.49. The lowest BCUT2D eigenvalue weighted by Gasteiger charge is -2.70. The number of rotatable bonds is 6. The molecule has 2 aromatic heterocycles. The Labute approximate surface area is 182 Å². The molecule has 1 aromatic carbocycles. The molecule has 158 valence electrons. The zero-order valence-corrected chi connectivity index (χ0v) is 17.9. The molecule has 2 aliphatic rings. The average molecular weight is 415 g/mol. The van der Waals surface area contributed by atoms with Gasteiger partial charge in [0.1, 0.15) is 12.4 Å². The Bertz CT molecular complexity index is 1090. The fourth-order valence-corrected chi connectivity index (χ4v) is 5.23. The third-order valence-corrected chi connectivity index (χ3v) is 6.84. The van der Waals surface area contributed by atoms with Gasteiger partial charge >= 0.3 is 0 Å². The van der Waals surface area contributed by atoms with Crippen LogP contribution in [0, 0.1) is 12.8 Å². The van der Waals surface area contributed by atoms with Gasteiger partial charge in [0, 0.05) is 42.3 Å². The monoisotopic (exact) mass is 414 g/mol. The molecule has 3 heterocycles. The number of carbonyl (C=O) groups is 1. The first-order chi connectivity index (χ1) is 15.1. The first-order valence-electron chi connectivity index (χ1n) is 10.9. The maximum Gasteiger partial charge on any atom is 0.255 e. The topological polar surface area (TPSA) is 68.2 Å². The number of aromatic nitrogens is 3. The Kier molecular flexibility index (Phi) is 4.93. The van der Waals surface area contributed by atoms with Gasteiger partial charge < -0.3 is 9.64 Å². The Hall–Kier alpha value is -3.28. The molecule has 1 aliphatic carbocycles. The van der Waals surface area contributed by atoms with Gasteiger partial charge in [-0.3, -0.25) is 9.78 Å². The summed E-state index contributed by atoms with van der Waals surface area (Å²) in [5, 5.41) is 0. The number of pyridine rings is 1. The number of carbonyl (C=O) groups excluding carboxylic acids is 1. The van der Waals surface area contributed by atoms with Crippen LogP contribution >= 0.6 is 0 Å². The van der Waals surface area contributed by atoms with Gasteiger partial charge in [-0.2, -0.15) is 0 Å². The maximum absolute atomic E-state index is 14.0. The minimum Gasteiger partial charge on any atom is -0.491 e. The summed E-state index contributed by atoms with van der Waals surface area (Å²) in [5.41, 5.74) is 2.25. The Morgan fingerprint density at radius 3 is 2.61 bits per heavy atom. The molecule has 0 bridgehead atoms. The summed E-state index contributed by atoms with van der Waals surface area (Å²) in [7, 11) is 0. The van der Waals surface area contributed by atoms with Crippen molar-refractivity contribution in [3.8, 4) is 17.1 Å². The fourth-order valence-electron chi connectivity index (χ4n) is 5.23. The standard InChI is InChI=1S/C25H26N4O2/c1-3-22-21-7-10-25(21,16-31-18-8-13-26-14-9-18)29(22)24(30)20-15-17(2)5-6-19(20)23-27-11-4-12-28-23/h4-6,8-9,11-15,21-22H,3,7,10,16H2,1-2H3. The zero-order chi connectivity index (χ0) is 21.4. The van der Waals surface area contributed by atoms with Gasteiger partial charge in [0.15, 0.2) is 5.82 Å². The fraction of sp³-hybridized carbons (Fsp3) is 0.360. The van der Waals surface area contributed by atoms with E-state index < -0.39 is 0 Å². The van der Waals surface area contributed by atoms with E-state index >= 15 is 0 Å². The average Bonchev–Trinajstić information content (AvgIpc) is 2.80. The molecule has 5 rings (SSSR count). The summed E-state index contributed by atoms with van der Waals surface area (Å²) in [6.45, 7) is 4.68. The van der Waals surface area contributed by atoms with Crippen molar-refractivity contribution < 1.29 is 9.53 Å². The second-order valence-corrected chi connectivity index (χ2v) is 8.49. The molecule has 0 spiro atoms. The third kappa shape index (κ3) is 3.17. The van der Waals surface area contributed by atoms with Crippen LogP contribution in [0.25, 0.3) is 11.4 Å². The van der Waals surface area contributed by atoms with Crippen molar-refractivity contribution >= 4 is 5.91 Å². The van der Waals surface area contributed by atoms with E-state index in [1.807, 2.05) is 37.3 Å². The van der Waals surface area contributed by atoms with E-state index in [0.29, 0.717) is 23.9 Å². The van der Waals surface area contributed by atoms with Gasteiger partial charge in [0.2, 0.25) is 0 Å². The lowest BCUT2D eigenvalue weighted by atomic mass is 9.54. The van der Waals surface area contributed by atoms with E-state index in [1.165, 1.54) is 0 Å². The molecule has 6 heteroatoms. The molecule has 6 nitrogen and oxygen atoms in total. The molecule has 1 saturated heterocycles. The second kappa shape index (κ2) is 7.76. The van der Waals surface area contributed by atoms with Crippen molar-refractivity contribution in [2.24, 2.45) is 5.92 Å². The Morgan fingerprint density at radius 2 is 1.94 bits per heavy atom. The summed E-state index contributed by atoms with van der Waals surface area (Å²) in [4.78, 5) is 28.9. The molecule has 1 amide bonds. The van der Waals surface area contributed by atoms with Crippen LogP contribution in [-0.4, -0.2) is 43.9 Å². The van der Waals surface area contributed by atoms with Crippen molar-refractivity contribution in [2.45, 2.75) is 44.7 Å². The van der Waals surface area contributed by atoms with Gasteiger partial charge in [-0.1, -0.05) is 24.6 Å². The number of amides is 1. The first-order valence-corrected chi connectivity index (χ1v) is 10.9. The number of hydrogen-bond acceptors (Lipinski definition) is 5. The third-order valence-electron chi connectivity index (χ3n) is 6.84. The Morgan fingerprint density at radius 1 is 1.16 bits per heavy atom. The molecule has 1 aliphatic heterocycles. The van der Waals surface area contributed by atoms with Gasteiger partial charge in [0.25, 0.3) is 5.91 Å². The quantitative estimate of drug-likeness (QED) is 0.601. The molecule has 1 saturated carbocycles. The number of fused-ring (bicyclic) bond motifs is 1. The first kappa shape index (κ1) is 19.7. The molecule has 3 aromatic rings. The van der Waals surface area contributed by atoms with Crippen molar-refractivity contribution in [1.29, 1.82) is 0 Å². The number of likely N-dealkylation sites (tertiary alicyclic amines) is 1. The van der Waals surface area contributed by atoms with E-state index in [4.69, 9.17) is 4.74 Å². The van der Waals surface area contributed by atoms with Crippen LogP contribution in [0.3, 0.4) is 0 Å². The number of benzene rings is 1. The lowest BCUT2D eigenvalue weighted by Crippen LogP contribution is -2.81. The van der Waals surface area contributed by atoms with Crippen LogP contribution in [-0.2, 0) is 0 Å². The predicted octanol–water partition coefficient (Wildman–Crippen LogP) is 4.31. The van der Waals surface area contributed by atoms with Crippen molar-refractivity contribution in [3.63, 3.8) is 0 Å². The lowest BCUT2D eigenvalue weighted by molar-refractivity contribution is -0.190. The van der Waals surface area contributed by atoms with Gasteiger partial charge in [0.05, 0.1) is 11.1 Å². The summed E-state index contributed by atoms with van der Waals surface area (Å²) in [6, 6.07) is 11.7. The van der Waals surface area contributed by atoms with Crippen LogP contribution in [0.1, 0.15) is 42.1 Å². The van der Waals surface area contributed by atoms with E-state index in [-0.39, 0.29) is 17.5 Å². The Balaban J connectivity index is 1.48. The summed E-state index contributed by atoms with van der Waals surface area (Å²) >= 11 is 0. The molecule has 31 heavy (non-hydrogen) atoms. The van der Waals surface area contributed by atoms with Gasteiger partial charge in [-0.15, -0.1) is 0 Å². The van der Waals surface area contributed by atoms with E-state index in [9.17, 15) is 4.79 Å². The number of ether oxygens (including phenoxy) is 1. The molecule has 0 N–H and O–H groups in total. The van der Waals surface area contributed by atoms with Crippen molar-refractivity contribution in [1.82, 2.24) is 19.9 Å². The molecular formula is C25H26N4O2. The van der Waals surface area contributed by atoms with Gasteiger partial charge in [-0.05, 0) is 50.5 Å². The van der Waals surface area contributed by atoms with Crippen LogP contribution in [0.4, 0.5) is 0 Å². The van der Waals surface area contributed by atoms with Gasteiger partial charge in [-0.25, -0.2) is 9.97 Å². The van der Waals surface area contributed by atoms with E-state index in [1.54, 1.807) is 30.9 Å². The molecule has 2 fully saturated rings. The summed E-state index contributed by atoms with van der Waals surface area (Å²) < 4.78 is 6.12. The minimum atomic E-state index is -0.237. The molecule has 3 atom stereocenters. The number of aryl methyl sites for hydroxylation is 1. The molecule has 3 unspecified atom stereocenters. The smallest absolute Gasteiger partial charge is 0.255 e. The predicted molar refractivity (Wildman–Crippen MR) is 118 cm³/mol. The largest absolute Gasteiger partial charge is 0.491 e. The highest BCUT2D eigenvalue weighted by Crippen LogP contribution is 2.58. The number of nitrogens with zero attached hydrogens (tertiary/aromatic N) is 4. The number of hydrogen-bond donors (Lipinski definition) is 0. The molecule has 0 radical (unpaired) electrons. The van der Waals surface area contributed by atoms with Crippen LogP contribution in [0.2, 0.25) is 0 Å². The highest BCUT2D eigenvalue weighted by molar-refractivity contribution is 6.01. The highest BCUT2D eigenvalue weighted by Gasteiger charge is 2.67. The van der Waals surface area contributed by atoms with Crippen LogP contribution < -0.4 is 4.74 Å². The van der Waals surface area contributed by atoms with Crippen LogP contribution in [0.15, 0.2) is 61.2 Å². The molecular weight excluding hydrogens is 388 g/mol.